The van der Waals surface area contributed by atoms with Gasteiger partial charge in [0.05, 0.1) is 16.2 Å². The molecule has 0 radical (unpaired) electrons. The van der Waals surface area contributed by atoms with Crippen molar-refractivity contribution in [1.29, 1.82) is 0 Å². The maximum absolute atomic E-state index is 13.3. The van der Waals surface area contributed by atoms with Gasteiger partial charge in [-0.25, -0.2) is 9.67 Å². The van der Waals surface area contributed by atoms with Crippen LogP contribution in [0.5, 0.6) is 11.5 Å². The first-order valence-electron chi connectivity index (χ1n) is 11.0. The third-order valence-electron chi connectivity index (χ3n) is 5.98. The van der Waals surface area contributed by atoms with Gasteiger partial charge in [0, 0.05) is 25.2 Å². The first-order valence-corrected chi connectivity index (χ1v) is 11.4. The van der Waals surface area contributed by atoms with Gasteiger partial charge < -0.3 is 19.3 Å². The van der Waals surface area contributed by atoms with E-state index in [1.807, 2.05) is 44.2 Å². The number of piperazine rings is 1. The van der Waals surface area contributed by atoms with Crippen LogP contribution in [-0.2, 0) is 0 Å². The highest BCUT2D eigenvalue weighted by atomic mass is 35.5. The number of hydrogen-bond donors (Lipinski definition) is 0. The average Bonchev–Trinajstić information content (AvgIpc) is 3.33. The van der Waals surface area contributed by atoms with E-state index >= 15 is 0 Å². The Morgan fingerprint density at radius 1 is 1.03 bits per heavy atom. The van der Waals surface area contributed by atoms with E-state index in [0.29, 0.717) is 54.9 Å². The molecule has 1 fully saturated rings. The summed E-state index contributed by atoms with van der Waals surface area (Å²) in [5.74, 6) is 0.605. The van der Waals surface area contributed by atoms with Gasteiger partial charge in [-0.05, 0) is 38.1 Å². The Bertz CT molecular complexity index is 1240. The van der Waals surface area contributed by atoms with Gasteiger partial charge in [0.1, 0.15) is 19.5 Å². The molecule has 0 spiro atoms. The molecule has 176 valence electrons. The van der Waals surface area contributed by atoms with Gasteiger partial charge >= 0.3 is 0 Å². The fourth-order valence-corrected chi connectivity index (χ4v) is 4.57. The number of aromatic nitrogens is 3. The molecular formula is C24H24ClN5O4. The normalized spacial score (nSPS) is 16.9. The van der Waals surface area contributed by atoms with Crippen molar-refractivity contribution in [3.05, 3.63) is 65.2 Å². The van der Waals surface area contributed by atoms with Gasteiger partial charge in [-0.3, -0.25) is 9.59 Å². The van der Waals surface area contributed by atoms with Crippen LogP contribution in [0, 0.1) is 0 Å². The van der Waals surface area contributed by atoms with Gasteiger partial charge in [0.2, 0.25) is 5.82 Å². The van der Waals surface area contributed by atoms with Crippen LogP contribution in [0.3, 0.4) is 0 Å². The predicted octanol–water partition coefficient (Wildman–Crippen LogP) is 3.07. The fourth-order valence-electron chi connectivity index (χ4n) is 4.31. The molecule has 3 heterocycles. The Kier molecular flexibility index (Phi) is 5.65. The molecule has 0 saturated carbocycles. The fraction of sp³-hybridized carbons (Fsp3) is 0.333. The molecular weight excluding hydrogens is 458 g/mol. The molecule has 10 heteroatoms. The highest BCUT2D eigenvalue weighted by molar-refractivity contribution is 6.32. The number of nitrogens with zero attached hydrogens (tertiary/aromatic N) is 5. The van der Waals surface area contributed by atoms with E-state index in [2.05, 4.69) is 10.1 Å². The summed E-state index contributed by atoms with van der Waals surface area (Å²) in [6.45, 7) is 5.76. The minimum Gasteiger partial charge on any atom is -0.486 e. The van der Waals surface area contributed by atoms with E-state index in [0.717, 1.165) is 5.69 Å². The van der Waals surface area contributed by atoms with E-state index in [9.17, 15) is 9.59 Å². The van der Waals surface area contributed by atoms with Crippen LogP contribution in [-0.4, -0.2) is 74.8 Å². The number of hydrogen-bond acceptors (Lipinski definition) is 6. The number of carbonyl (C=O) groups is 2. The van der Waals surface area contributed by atoms with Crippen molar-refractivity contribution in [3.8, 4) is 17.2 Å². The summed E-state index contributed by atoms with van der Waals surface area (Å²) in [7, 11) is 0. The lowest BCUT2D eigenvalue weighted by Gasteiger charge is -2.46. The summed E-state index contributed by atoms with van der Waals surface area (Å²) < 4.78 is 12.7. The summed E-state index contributed by atoms with van der Waals surface area (Å²) in [5.41, 5.74) is 0.621. The summed E-state index contributed by atoms with van der Waals surface area (Å²) in [6, 6.07) is 12.7. The largest absolute Gasteiger partial charge is 0.486 e. The second kappa shape index (κ2) is 8.64. The zero-order chi connectivity index (χ0) is 23.9. The maximum atomic E-state index is 13.3. The molecule has 1 aromatic heterocycles. The predicted molar refractivity (Wildman–Crippen MR) is 125 cm³/mol. The Morgan fingerprint density at radius 2 is 1.79 bits per heavy atom. The van der Waals surface area contributed by atoms with Crippen LogP contribution in [0.2, 0.25) is 5.02 Å². The number of halogens is 1. The van der Waals surface area contributed by atoms with E-state index in [-0.39, 0.29) is 17.6 Å². The lowest BCUT2D eigenvalue weighted by atomic mass is 9.97. The molecule has 9 nitrogen and oxygen atoms in total. The summed E-state index contributed by atoms with van der Waals surface area (Å²) >= 11 is 6.32. The first-order chi connectivity index (χ1) is 16.3. The molecule has 5 rings (SSSR count). The van der Waals surface area contributed by atoms with Gasteiger partial charge in [-0.15, -0.1) is 5.10 Å². The zero-order valence-electron chi connectivity index (χ0n) is 18.9. The number of benzene rings is 2. The van der Waals surface area contributed by atoms with Crippen molar-refractivity contribution in [3.63, 3.8) is 0 Å². The van der Waals surface area contributed by atoms with Crippen molar-refractivity contribution in [2.45, 2.75) is 19.4 Å². The van der Waals surface area contributed by atoms with Gasteiger partial charge in [-0.1, -0.05) is 29.8 Å². The molecule has 2 aromatic carbocycles. The molecule has 2 aliphatic rings. The molecule has 0 N–H and O–H groups in total. The number of ether oxygens (including phenoxy) is 2. The molecule has 2 aliphatic heterocycles. The summed E-state index contributed by atoms with van der Waals surface area (Å²) in [6.07, 6.45) is 1.53. The van der Waals surface area contributed by atoms with Crippen LogP contribution in [0.15, 0.2) is 48.8 Å². The van der Waals surface area contributed by atoms with Gasteiger partial charge in [0.25, 0.3) is 11.8 Å². The Hall–Kier alpha value is -3.59. The van der Waals surface area contributed by atoms with Crippen LogP contribution in [0.25, 0.3) is 5.69 Å². The van der Waals surface area contributed by atoms with Crippen molar-refractivity contribution < 1.29 is 19.1 Å². The number of para-hydroxylation sites is 1. The van der Waals surface area contributed by atoms with E-state index < -0.39 is 5.54 Å². The van der Waals surface area contributed by atoms with E-state index in [4.69, 9.17) is 21.1 Å². The number of amides is 2. The minimum atomic E-state index is -0.624. The molecule has 2 amide bonds. The maximum Gasteiger partial charge on any atom is 0.294 e. The zero-order valence-corrected chi connectivity index (χ0v) is 19.7. The van der Waals surface area contributed by atoms with E-state index in [1.165, 1.54) is 6.33 Å². The van der Waals surface area contributed by atoms with Crippen molar-refractivity contribution in [2.24, 2.45) is 0 Å². The molecule has 0 aliphatic carbocycles. The molecule has 34 heavy (non-hydrogen) atoms. The molecule has 0 unspecified atom stereocenters. The summed E-state index contributed by atoms with van der Waals surface area (Å²) in [5, 5.41) is 4.71. The molecule has 1 saturated heterocycles. The van der Waals surface area contributed by atoms with Crippen molar-refractivity contribution >= 4 is 23.4 Å². The minimum absolute atomic E-state index is 0.121. The summed E-state index contributed by atoms with van der Waals surface area (Å²) in [4.78, 5) is 34.2. The quantitative estimate of drug-likeness (QED) is 0.571. The first kappa shape index (κ1) is 22.2. The highest BCUT2D eigenvalue weighted by Gasteiger charge is 2.40. The molecule has 0 atom stereocenters. The molecule has 3 aromatic rings. The van der Waals surface area contributed by atoms with Crippen LogP contribution < -0.4 is 9.47 Å². The molecule has 0 bridgehead atoms. The van der Waals surface area contributed by atoms with Crippen LogP contribution in [0.4, 0.5) is 0 Å². The van der Waals surface area contributed by atoms with Gasteiger partial charge in [-0.2, -0.15) is 0 Å². The monoisotopic (exact) mass is 481 g/mol. The third-order valence-corrected chi connectivity index (χ3v) is 6.26. The van der Waals surface area contributed by atoms with Crippen LogP contribution >= 0.6 is 11.6 Å². The van der Waals surface area contributed by atoms with Crippen LogP contribution in [0.1, 0.15) is 34.8 Å². The second-order valence-electron chi connectivity index (χ2n) is 8.83. The third kappa shape index (κ3) is 4.07. The lowest BCUT2D eigenvalue weighted by Crippen LogP contribution is -2.62. The Morgan fingerprint density at radius 3 is 2.56 bits per heavy atom. The smallest absolute Gasteiger partial charge is 0.294 e. The number of fused-ring (bicyclic) bond motifs is 1. The average molecular weight is 482 g/mol. The Labute approximate surface area is 201 Å². The number of carbonyl (C=O) groups excluding carboxylic acids is 2. The van der Waals surface area contributed by atoms with Crippen molar-refractivity contribution in [1.82, 2.24) is 24.6 Å². The van der Waals surface area contributed by atoms with Crippen molar-refractivity contribution in [2.75, 3.05) is 32.8 Å². The lowest BCUT2D eigenvalue weighted by molar-refractivity contribution is 0.0160. The standard InChI is InChI=1S/C24H24ClN5O4/c1-24(2)14-28(22(31)16-12-18(25)20-19(13-16)33-10-11-34-20)8-9-29(24)23(32)21-26-15-30(27-21)17-6-4-3-5-7-17/h3-7,12-13,15H,8-11,14H2,1-2H3. The Balaban J connectivity index is 1.31. The van der Waals surface area contributed by atoms with E-state index in [1.54, 1.807) is 26.6 Å². The topological polar surface area (TPSA) is 89.8 Å². The number of rotatable bonds is 3. The highest BCUT2D eigenvalue weighted by Crippen LogP contribution is 2.39. The SMILES string of the molecule is CC1(C)CN(C(=O)c2cc(Cl)c3c(c2)OCCO3)CCN1C(=O)c1ncn(-c2ccccc2)n1. The van der Waals surface area contributed by atoms with Gasteiger partial charge in [0.15, 0.2) is 11.5 Å². The second-order valence-corrected chi connectivity index (χ2v) is 9.23.